The smallest absolute Gasteiger partial charge is 0.338 e. The Morgan fingerprint density at radius 3 is 2.81 bits per heavy atom. The van der Waals surface area contributed by atoms with Crippen molar-refractivity contribution < 1.29 is 13.9 Å². The Balaban J connectivity index is 3.29. The number of nitriles is 1. The molecule has 1 aromatic carbocycles. The first-order valence-electron chi connectivity index (χ1n) is 4.59. The van der Waals surface area contributed by atoms with Crippen LogP contribution in [-0.4, -0.2) is 12.6 Å². The average Bonchev–Trinajstić information content (AvgIpc) is 2.28. The zero-order chi connectivity index (χ0) is 12.1. The Labute approximate surface area is 97.4 Å². The lowest BCUT2D eigenvalue weighted by molar-refractivity contribution is 0.0524. The first kappa shape index (κ1) is 12.5. The van der Waals surface area contributed by atoms with Gasteiger partial charge in [-0.05, 0) is 19.1 Å². The van der Waals surface area contributed by atoms with Crippen LogP contribution in [0.25, 0.3) is 0 Å². The van der Waals surface area contributed by atoms with E-state index < -0.39 is 11.8 Å². The van der Waals surface area contributed by atoms with E-state index in [2.05, 4.69) is 0 Å². The Morgan fingerprint density at radius 1 is 1.62 bits per heavy atom. The monoisotopic (exact) mass is 241 g/mol. The molecule has 0 amide bonds. The third-order valence-electron chi connectivity index (χ3n) is 1.95. The molecule has 0 atom stereocenters. The number of ether oxygens (including phenoxy) is 1. The number of hydrogen-bond acceptors (Lipinski definition) is 3. The Morgan fingerprint density at radius 2 is 2.31 bits per heavy atom. The van der Waals surface area contributed by atoms with E-state index in [-0.39, 0.29) is 29.2 Å². The second-order valence-corrected chi connectivity index (χ2v) is 3.22. The van der Waals surface area contributed by atoms with Crippen LogP contribution in [0.5, 0.6) is 0 Å². The first-order chi connectivity index (χ1) is 7.63. The van der Waals surface area contributed by atoms with Crippen LogP contribution in [0.4, 0.5) is 4.39 Å². The zero-order valence-electron chi connectivity index (χ0n) is 8.59. The van der Waals surface area contributed by atoms with Crippen molar-refractivity contribution in [2.24, 2.45) is 0 Å². The molecule has 0 bridgehead atoms. The summed E-state index contributed by atoms with van der Waals surface area (Å²) in [7, 11) is 0. The molecule has 0 aliphatic heterocycles. The van der Waals surface area contributed by atoms with E-state index in [4.69, 9.17) is 21.6 Å². The zero-order valence-corrected chi connectivity index (χ0v) is 9.34. The fraction of sp³-hybridized carbons (Fsp3) is 0.273. The van der Waals surface area contributed by atoms with Crippen LogP contribution >= 0.6 is 11.6 Å². The topological polar surface area (TPSA) is 50.1 Å². The van der Waals surface area contributed by atoms with Gasteiger partial charge in [0.15, 0.2) is 0 Å². The molecule has 0 N–H and O–H groups in total. The number of hydrogen-bond donors (Lipinski definition) is 0. The molecule has 16 heavy (non-hydrogen) atoms. The first-order valence-corrected chi connectivity index (χ1v) is 5.13. The van der Waals surface area contributed by atoms with Crippen molar-refractivity contribution in [3.8, 4) is 6.07 Å². The third kappa shape index (κ3) is 2.50. The molecule has 0 aliphatic carbocycles. The van der Waals surface area contributed by atoms with Crippen molar-refractivity contribution in [2.45, 2.75) is 12.8 Å². The van der Waals surface area contributed by atoms with Gasteiger partial charge in [0.25, 0.3) is 0 Å². The second kappa shape index (κ2) is 5.47. The Hall–Kier alpha value is -1.60. The molecular weight excluding hydrogens is 233 g/mol. The predicted octanol–water partition coefficient (Wildman–Crippen LogP) is 2.61. The van der Waals surface area contributed by atoms with Crippen molar-refractivity contribution in [2.75, 3.05) is 6.61 Å². The maximum atomic E-state index is 13.5. The molecule has 84 valence electrons. The highest BCUT2D eigenvalue weighted by Gasteiger charge is 2.17. The molecule has 0 radical (unpaired) electrons. The fourth-order valence-corrected chi connectivity index (χ4v) is 1.50. The normalized spacial score (nSPS) is 9.62. The number of alkyl halides is 1. The SMILES string of the molecule is CCOC(=O)c1cc(C#N)cc(F)c1CCl. The molecule has 0 aromatic heterocycles. The summed E-state index contributed by atoms with van der Waals surface area (Å²) in [6, 6.07) is 4.08. The van der Waals surface area contributed by atoms with Gasteiger partial charge in [0.1, 0.15) is 5.82 Å². The fourth-order valence-electron chi connectivity index (χ4n) is 1.23. The van der Waals surface area contributed by atoms with Gasteiger partial charge in [0, 0.05) is 5.56 Å². The van der Waals surface area contributed by atoms with E-state index in [1.807, 2.05) is 0 Å². The standard InChI is InChI=1S/C11H9ClFNO2/c1-2-16-11(15)8-3-7(6-14)4-10(13)9(8)5-12/h3-4H,2,5H2,1H3. The van der Waals surface area contributed by atoms with Gasteiger partial charge in [-0.1, -0.05) is 0 Å². The van der Waals surface area contributed by atoms with Crippen molar-refractivity contribution in [1.29, 1.82) is 5.26 Å². The molecule has 0 fully saturated rings. The Kier molecular flexibility index (Phi) is 4.27. The minimum absolute atomic E-state index is 0.00778. The maximum absolute atomic E-state index is 13.5. The number of nitrogens with zero attached hydrogens (tertiary/aromatic N) is 1. The predicted molar refractivity (Wildman–Crippen MR) is 56.6 cm³/mol. The molecule has 0 saturated carbocycles. The minimum atomic E-state index is -0.672. The van der Waals surface area contributed by atoms with Gasteiger partial charge < -0.3 is 4.74 Å². The summed E-state index contributed by atoms with van der Waals surface area (Å²) >= 11 is 5.55. The van der Waals surface area contributed by atoms with E-state index >= 15 is 0 Å². The molecule has 5 heteroatoms. The van der Waals surface area contributed by atoms with E-state index in [0.717, 1.165) is 6.07 Å². The lowest BCUT2D eigenvalue weighted by Gasteiger charge is -2.07. The quantitative estimate of drug-likeness (QED) is 0.604. The summed E-state index contributed by atoms with van der Waals surface area (Å²) in [5, 5.41) is 8.66. The molecule has 0 spiro atoms. The highest BCUT2D eigenvalue weighted by molar-refractivity contribution is 6.17. The van der Waals surface area contributed by atoms with Gasteiger partial charge in [0.05, 0.1) is 29.7 Å². The van der Waals surface area contributed by atoms with Crippen molar-refractivity contribution in [1.82, 2.24) is 0 Å². The van der Waals surface area contributed by atoms with Gasteiger partial charge >= 0.3 is 5.97 Å². The van der Waals surface area contributed by atoms with Crippen molar-refractivity contribution in [3.63, 3.8) is 0 Å². The van der Waals surface area contributed by atoms with Crippen LogP contribution in [0.1, 0.15) is 28.4 Å². The van der Waals surface area contributed by atoms with Gasteiger partial charge in [-0.3, -0.25) is 0 Å². The number of rotatable bonds is 3. The van der Waals surface area contributed by atoms with Crippen molar-refractivity contribution >= 4 is 17.6 Å². The summed E-state index contributed by atoms with van der Waals surface area (Å²) in [6.45, 7) is 1.82. The highest BCUT2D eigenvalue weighted by atomic mass is 35.5. The van der Waals surface area contributed by atoms with Crippen molar-refractivity contribution in [3.05, 3.63) is 34.6 Å². The van der Waals surface area contributed by atoms with Gasteiger partial charge in [-0.25, -0.2) is 9.18 Å². The van der Waals surface area contributed by atoms with Gasteiger partial charge in [-0.2, -0.15) is 5.26 Å². The molecule has 0 saturated heterocycles. The third-order valence-corrected chi connectivity index (χ3v) is 2.22. The van der Waals surface area contributed by atoms with Gasteiger partial charge in [-0.15, -0.1) is 11.6 Å². The minimum Gasteiger partial charge on any atom is -0.462 e. The number of benzene rings is 1. The Bertz CT molecular complexity index is 454. The lowest BCUT2D eigenvalue weighted by atomic mass is 10.0. The summed E-state index contributed by atoms with van der Waals surface area (Å²) in [5.41, 5.74) is 0.127. The van der Waals surface area contributed by atoms with Crippen LogP contribution < -0.4 is 0 Å². The molecule has 1 aromatic rings. The molecule has 1 rings (SSSR count). The highest BCUT2D eigenvalue weighted by Crippen LogP contribution is 2.19. The molecule has 0 aliphatic rings. The van der Waals surface area contributed by atoms with Crippen LogP contribution in [0.3, 0.4) is 0 Å². The van der Waals surface area contributed by atoms with E-state index in [1.54, 1.807) is 13.0 Å². The van der Waals surface area contributed by atoms with Crippen LogP contribution in [0.15, 0.2) is 12.1 Å². The van der Waals surface area contributed by atoms with Crippen LogP contribution in [-0.2, 0) is 10.6 Å². The molecule has 3 nitrogen and oxygen atoms in total. The summed E-state index contributed by atoms with van der Waals surface area (Å²) in [6.07, 6.45) is 0. The molecule has 0 heterocycles. The second-order valence-electron chi connectivity index (χ2n) is 2.95. The van der Waals surface area contributed by atoms with Crippen LogP contribution in [0.2, 0.25) is 0 Å². The average molecular weight is 242 g/mol. The number of esters is 1. The maximum Gasteiger partial charge on any atom is 0.338 e. The molecular formula is C11H9ClFNO2. The van der Waals surface area contributed by atoms with Gasteiger partial charge in [0.2, 0.25) is 0 Å². The van der Waals surface area contributed by atoms with Crippen LogP contribution in [0, 0.1) is 17.1 Å². The van der Waals surface area contributed by atoms with E-state index in [0.29, 0.717) is 0 Å². The summed E-state index contributed by atoms with van der Waals surface area (Å²) < 4.78 is 18.2. The number of halogens is 2. The number of carbonyl (C=O) groups is 1. The largest absolute Gasteiger partial charge is 0.462 e. The van der Waals surface area contributed by atoms with E-state index in [1.165, 1.54) is 6.07 Å². The lowest BCUT2D eigenvalue weighted by Crippen LogP contribution is -2.09. The van der Waals surface area contributed by atoms with E-state index in [9.17, 15) is 9.18 Å². The summed E-state index contributed by atoms with van der Waals surface area (Å²) in [5.74, 6) is -1.49. The number of carbonyl (C=O) groups excluding carboxylic acids is 1. The molecule has 0 unspecified atom stereocenters. The summed E-state index contributed by atoms with van der Waals surface area (Å²) in [4.78, 5) is 11.5.